The lowest BCUT2D eigenvalue weighted by molar-refractivity contribution is -0.146. The van der Waals surface area contributed by atoms with Crippen LogP contribution >= 0.6 is 0 Å². The normalized spacial score (nSPS) is 23.1. The van der Waals surface area contributed by atoms with Crippen LogP contribution < -0.4 is 0 Å². The van der Waals surface area contributed by atoms with Crippen LogP contribution in [0.3, 0.4) is 0 Å². The van der Waals surface area contributed by atoms with E-state index in [0.717, 1.165) is 12.8 Å². The van der Waals surface area contributed by atoms with Crippen LogP contribution in [0.5, 0.6) is 0 Å². The van der Waals surface area contributed by atoms with Crippen LogP contribution in [-0.4, -0.2) is 12.6 Å². The van der Waals surface area contributed by atoms with E-state index in [4.69, 9.17) is 4.74 Å². The first-order valence-corrected chi connectivity index (χ1v) is 4.09. The van der Waals surface area contributed by atoms with Crippen molar-refractivity contribution in [2.24, 2.45) is 5.92 Å². The Morgan fingerprint density at radius 3 is 3.00 bits per heavy atom. The van der Waals surface area contributed by atoms with E-state index in [9.17, 15) is 4.79 Å². The molecule has 1 aliphatic carbocycles. The van der Waals surface area contributed by atoms with E-state index in [2.05, 4.69) is 6.08 Å². The van der Waals surface area contributed by atoms with Gasteiger partial charge in [0.2, 0.25) is 0 Å². The summed E-state index contributed by atoms with van der Waals surface area (Å²) in [5, 5.41) is 0. The van der Waals surface area contributed by atoms with Crippen LogP contribution in [0.4, 0.5) is 0 Å². The fourth-order valence-electron chi connectivity index (χ4n) is 1.39. The molecule has 0 N–H and O–H groups in total. The monoisotopic (exact) mass is 154 g/mol. The van der Waals surface area contributed by atoms with Gasteiger partial charge in [0.15, 0.2) is 0 Å². The smallest absolute Gasteiger partial charge is 0.313 e. The van der Waals surface area contributed by atoms with Crippen molar-refractivity contribution in [3.05, 3.63) is 11.6 Å². The molecule has 0 aromatic heterocycles. The molecule has 0 aromatic rings. The topological polar surface area (TPSA) is 26.3 Å². The Balaban J connectivity index is 2.48. The number of carbonyl (C=O) groups is 1. The van der Waals surface area contributed by atoms with E-state index in [0.29, 0.717) is 6.61 Å². The average molecular weight is 154 g/mol. The molecule has 2 nitrogen and oxygen atoms in total. The maximum Gasteiger partial charge on any atom is 0.313 e. The number of hydrogen-bond donors (Lipinski definition) is 0. The maximum atomic E-state index is 11.2. The predicted octanol–water partition coefficient (Wildman–Crippen LogP) is 1.91. The second kappa shape index (κ2) is 3.56. The highest BCUT2D eigenvalue weighted by Crippen LogP contribution is 2.25. The first kappa shape index (κ1) is 8.31. The SMILES string of the molecule is CCOC(=O)[C@H]1CCC=C1C. The molecule has 0 bridgehead atoms. The van der Waals surface area contributed by atoms with E-state index in [1.807, 2.05) is 13.8 Å². The molecule has 0 spiro atoms. The van der Waals surface area contributed by atoms with Crippen LogP contribution in [0, 0.1) is 5.92 Å². The number of allylic oxidation sites excluding steroid dienone is 1. The number of carbonyl (C=O) groups excluding carboxylic acids is 1. The first-order chi connectivity index (χ1) is 5.25. The average Bonchev–Trinajstić information content (AvgIpc) is 2.36. The lowest BCUT2D eigenvalue weighted by atomic mass is 10.0. The van der Waals surface area contributed by atoms with Gasteiger partial charge in [0.05, 0.1) is 12.5 Å². The Morgan fingerprint density at radius 2 is 2.55 bits per heavy atom. The highest BCUT2D eigenvalue weighted by Gasteiger charge is 2.24. The van der Waals surface area contributed by atoms with Gasteiger partial charge < -0.3 is 4.74 Å². The van der Waals surface area contributed by atoms with Crippen molar-refractivity contribution in [2.75, 3.05) is 6.61 Å². The number of rotatable bonds is 2. The molecule has 62 valence electrons. The van der Waals surface area contributed by atoms with E-state index >= 15 is 0 Å². The van der Waals surface area contributed by atoms with Crippen molar-refractivity contribution in [2.45, 2.75) is 26.7 Å². The molecule has 0 radical (unpaired) electrons. The van der Waals surface area contributed by atoms with Crippen molar-refractivity contribution in [3.63, 3.8) is 0 Å². The molecule has 0 amide bonds. The highest BCUT2D eigenvalue weighted by molar-refractivity contribution is 5.76. The summed E-state index contributed by atoms with van der Waals surface area (Å²) in [6.07, 6.45) is 4.07. The zero-order valence-corrected chi connectivity index (χ0v) is 7.09. The van der Waals surface area contributed by atoms with Gasteiger partial charge in [-0.1, -0.05) is 11.6 Å². The van der Waals surface area contributed by atoms with Gasteiger partial charge in [0.25, 0.3) is 0 Å². The van der Waals surface area contributed by atoms with E-state index in [-0.39, 0.29) is 11.9 Å². The molecular formula is C9H14O2. The maximum absolute atomic E-state index is 11.2. The molecule has 0 saturated carbocycles. The molecule has 11 heavy (non-hydrogen) atoms. The van der Waals surface area contributed by atoms with Crippen molar-refractivity contribution in [3.8, 4) is 0 Å². The third kappa shape index (κ3) is 1.82. The lowest BCUT2D eigenvalue weighted by Gasteiger charge is -2.09. The summed E-state index contributed by atoms with van der Waals surface area (Å²) in [4.78, 5) is 11.2. The summed E-state index contributed by atoms with van der Waals surface area (Å²) >= 11 is 0. The van der Waals surface area contributed by atoms with Crippen LogP contribution in [0.15, 0.2) is 11.6 Å². The predicted molar refractivity (Wildman–Crippen MR) is 43.1 cm³/mol. The molecule has 0 saturated heterocycles. The zero-order valence-electron chi connectivity index (χ0n) is 7.09. The van der Waals surface area contributed by atoms with Crippen molar-refractivity contribution >= 4 is 5.97 Å². The minimum absolute atomic E-state index is 0.0509. The van der Waals surface area contributed by atoms with Gasteiger partial charge >= 0.3 is 5.97 Å². The molecule has 0 aromatic carbocycles. The highest BCUT2D eigenvalue weighted by atomic mass is 16.5. The lowest BCUT2D eigenvalue weighted by Crippen LogP contribution is -2.16. The van der Waals surface area contributed by atoms with Crippen molar-refractivity contribution in [1.29, 1.82) is 0 Å². The fourth-order valence-corrected chi connectivity index (χ4v) is 1.39. The second-order valence-corrected chi connectivity index (χ2v) is 2.83. The second-order valence-electron chi connectivity index (χ2n) is 2.83. The van der Waals surface area contributed by atoms with Gasteiger partial charge in [-0.2, -0.15) is 0 Å². The van der Waals surface area contributed by atoms with Crippen molar-refractivity contribution < 1.29 is 9.53 Å². The zero-order chi connectivity index (χ0) is 8.27. The summed E-state index contributed by atoms with van der Waals surface area (Å²) in [6, 6.07) is 0. The largest absolute Gasteiger partial charge is 0.466 e. The molecule has 0 aliphatic heterocycles. The molecule has 1 rings (SSSR count). The van der Waals surface area contributed by atoms with Gasteiger partial charge in [-0.05, 0) is 26.7 Å². The van der Waals surface area contributed by atoms with Crippen LogP contribution in [-0.2, 0) is 9.53 Å². The van der Waals surface area contributed by atoms with Gasteiger partial charge in [0, 0.05) is 0 Å². The molecule has 1 aliphatic rings. The Kier molecular flexibility index (Phi) is 2.69. The standard InChI is InChI=1S/C9H14O2/c1-3-11-9(10)8-6-4-5-7(8)2/h5,8H,3-4,6H2,1-2H3/t8-/m0/s1. The number of esters is 1. The van der Waals surface area contributed by atoms with Crippen LogP contribution in [0.1, 0.15) is 26.7 Å². The molecular weight excluding hydrogens is 140 g/mol. The van der Waals surface area contributed by atoms with Crippen LogP contribution in [0.2, 0.25) is 0 Å². The minimum Gasteiger partial charge on any atom is -0.466 e. The Hall–Kier alpha value is -0.790. The third-order valence-electron chi connectivity index (χ3n) is 2.04. The number of ether oxygens (including phenoxy) is 1. The molecule has 2 heteroatoms. The summed E-state index contributed by atoms with van der Waals surface area (Å²) in [7, 11) is 0. The van der Waals surface area contributed by atoms with Gasteiger partial charge in [-0.15, -0.1) is 0 Å². The first-order valence-electron chi connectivity index (χ1n) is 4.09. The van der Waals surface area contributed by atoms with E-state index in [1.54, 1.807) is 0 Å². The van der Waals surface area contributed by atoms with E-state index in [1.165, 1.54) is 5.57 Å². The van der Waals surface area contributed by atoms with E-state index < -0.39 is 0 Å². The Morgan fingerprint density at radius 1 is 1.82 bits per heavy atom. The van der Waals surface area contributed by atoms with Gasteiger partial charge in [-0.25, -0.2) is 0 Å². The molecule has 1 atom stereocenters. The Bertz CT molecular complexity index is 182. The molecule has 0 fully saturated rings. The third-order valence-corrected chi connectivity index (χ3v) is 2.04. The summed E-state index contributed by atoms with van der Waals surface area (Å²) in [5.41, 5.74) is 1.17. The van der Waals surface area contributed by atoms with Crippen LogP contribution in [0.25, 0.3) is 0 Å². The summed E-state index contributed by atoms with van der Waals surface area (Å²) in [6.45, 7) is 4.32. The number of hydrogen-bond acceptors (Lipinski definition) is 2. The molecule has 0 heterocycles. The summed E-state index contributed by atoms with van der Waals surface area (Å²) in [5.74, 6) is -0.00583. The fraction of sp³-hybridized carbons (Fsp3) is 0.667. The minimum atomic E-state index is -0.0567. The van der Waals surface area contributed by atoms with Gasteiger partial charge in [0.1, 0.15) is 0 Å². The molecule has 0 unspecified atom stereocenters. The van der Waals surface area contributed by atoms with Gasteiger partial charge in [-0.3, -0.25) is 4.79 Å². The summed E-state index contributed by atoms with van der Waals surface area (Å²) < 4.78 is 4.92. The quantitative estimate of drug-likeness (QED) is 0.448. The van der Waals surface area contributed by atoms with Crippen molar-refractivity contribution in [1.82, 2.24) is 0 Å². The Labute approximate surface area is 67.2 Å².